The second-order valence-corrected chi connectivity index (χ2v) is 4.96. The van der Waals surface area contributed by atoms with Gasteiger partial charge in [-0.25, -0.2) is 0 Å². The van der Waals surface area contributed by atoms with E-state index >= 15 is 0 Å². The van der Waals surface area contributed by atoms with Crippen molar-refractivity contribution in [2.75, 3.05) is 34.7 Å². The van der Waals surface area contributed by atoms with E-state index in [1.54, 1.807) is 6.92 Å². The van der Waals surface area contributed by atoms with E-state index in [9.17, 15) is 4.79 Å². The summed E-state index contributed by atoms with van der Waals surface area (Å²) in [5.74, 6) is 0.248. The Bertz CT molecular complexity index is 174. The molecule has 0 spiro atoms. The predicted octanol–water partition coefficient (Wildman–Crippen LogP) is 3.09. The molecule has 112 valence electrons. The maximum absolute atomic E-state index is 11.1. The second kappa shape index (κ2) is 14.7. The largest absolute Gasteiger partial charge is 0.331 e. The lowest BCUT2D eigenvalue weighted by atomic mass is 10.1. The lowest BCUT2D eigenvalue weighted by Crippen LogP contribution is -2.36. The average molecular weight is 261 g/mol. The average Bonchev–Trinajstić information content (AvgIpc) is 2.32. The number of unbranched alkanes of at least 4 members (excludes halogenated alkanes) is 1. The van der Waals surface area contributed by atoms with Gasteiger partial charge in [-0.3, -0.25) is 4.79 Å². The van der Waals surface area contributed by atoms with Gasteiger partial charge in [0.1, 0.15) is 5.78 Å². The fourth-order valence-electron chi connectivity index (χ4n) is 1.49. The molecule has 1 atom stereocenters. The van der Waals surface area contributed by atoms with Gasteiger partial charge < -0.3 is 9.80 Å². The van der Waals surface area contributed by atoms with Gasteiger partial charge in [-0.05, 0) is 33.2 Å². The number of quaternary nitrogens is 1. The van der Waals surface area contributed by atoms with E-state index in [0.717, 1.165) is 17.3 Å². The van der Waals surface area contributed by atoms with Crippen molar-refractivity contribution >= 4 is 5.78 Å². The Morgan fingerprint density at radius 2 is 1.50 bits per heavy atom. The minimum Gasteiger partial charge on any atom is -0.331 e. The van der Waals surface area contributed by atoms with Gasteiger partial charge in [0.25, 0.3) is 0 Å². The molecule has 0 bridgehead atoms. The number of carbonyl (C=O) groups is 1. The molecule has 0 heterocycles. The zero-order valence-electron chi connectivity index (χ0n) is 14.3. The first-order chi connectivity index (χ1) is 8.37. The van der Waals surface area contributed by atoms with Gasteiger partial charge in [0.15, 0.2) is 0 Å². The van der Waals surface area contributed by atoms with Crippen LogP contribution < -0.4 is 5.32 Å². The number of ketones is 1. The summed E-state index contributed by atoms with van der Waals surface area (Å²) < 4.78 is 1.00. The molecule has 0 saturated heterocycles. The van der Waals surface area contributed by atoms with Crippen LogP contribution in [0, 0.1) is 0 Å². The molecule has 0 aliphatic rings. The van der Waals surface area contributed by atoms with Gasteiger partial charge in [-0.1, -0.05) is 27.7 Å². The molecular weight excluding hydrogens is 224 g/mol. The Balaban J connectivity index is -0.000000506. The highest BCUT2D eigenvalue weighted by molar-refractivity contribution is 5.81. The van der Waals surface area contributed by atoms with Crippen LogP contribution >= 0.6 is 0 Å². The summed E-state index contributed by atoms with van der Waals surface area (Å²) >= 11 is 0. The molecule has 0 aliphatic heterocycles. The van der Waals surface area contributed by atoms with E-state index < -0.39 is 0 Å². The topological polar surface area (TPSA) is 29.1 Å². The van der Waals surface area contributed by atoms with Crippen LogP contribution in [0.2, 0.25) is 0 Å². The lowest BCUT2D eigenvalue weighted by molar-refractivity contribution is -0.870. The van der Waals surface area contributed by atoms with Crippen LogP contribution in [-0.2, 0) is 4.79 Å². The third-order valence-corrected chi connectivity index (χ3v) is 2.41. The number of hydrogen-bond acceptors (Lipinski definition) is 2. The smallest absolute Gasteiger partial charge is 0.146 e. The number of nitrogens with zero attached hydrogens (tertiary/aromatic N) is 1. The first-order valence-corrected chi connectivity index (χ1v) is 7.35. The fraction of sp³-hybridized carbons (Fsp3) is 0.933. The normalized spacial score (nSPS) is 11.6. The third-order valence-electron chi connectivity index (χ3n) is 2.41. The van der Waals surface area contributed by atoms with Crippen LogP contribution in [0.5, 0.6) is 0 Å². The molecule has 0 radical (unpaired) electrons. The first-order valence-electron chi connectivity index (χ1n) is 7.35. The summed E-state index contributed by atoms with van der Waals surface area (Å²) in [6, 6.07) is 0.0578. The Hall–Kier alpha value is -0.410. The van der Waals surface area contributed by atoms with Crippen molar-refractivity contribution in [3.63, 3.8) is 0 Å². The van der Waals surface area contributed by atoms with Crippen LogP contribution in [0.15, 0.2) is 0 Å². The summed E-state index contributed by atoms with van der Waals surface area (Å²) in [7, 11) is 8.44. The minimum absolute atomic E-state index is 0.0578. The van der Waals surface area contributed by atoms with Gasteiger partial charge in [0.2, 0.25) is 0 Å². The Labute approximate surface area is 116 Å². The van der Waals surface area contributed by atoms with Crippen molar-refractivity contribution < 1.29 is 9.28 Å². The van der Waals surface area contributed by atoms with Crippen LogP contribution in [0.4, 0.5) is 0 Å². The number of hydrogen-bond donors (Lipinski definition) is 1. The van der Waals surface area contributed by atoms with E-state index in [4.69, 9.17) is 0 Å². The standard InChI is InChI=1S/C11H25N2O.2C2H6/c1-10(14)11(12-2)8-6-7-9-13(3,4)5;2*1-2/h11-12H,6-9H2,1-5H3;2*1-2H3/q+1;;. The molecule has 0 aromatic rings. The van der Waals surface area contributed by atoms with Crippen LogP contribution in [0.1, 0.15) is 53.9 Å². The maximum Gasteiger partial charge on any atom is 0.146 e. The molecule has 0 amide bonds. The van der Waals surface area contributed by atoms with Crippen LogP contribution in [0.25, 0.3) is 0 Å². The van der Waals surface area contributed by atoms with E-state index in [0.29, 0.717) is 0 Å². The molecule has 0 aromatic carbocycles. The summed E-state index contributed by atoms with van der Waals surface area (Å²) in [5.41, 5.74) is 0. The lowest BCUT2D eigenvalue weighted by Gasteiger charge is -2.24. The number of rotatable bonds is 7. The van der Waals surface area contributed by atoms with E-state index in [2.05, 4.69) is 26.5 Å². The Kier molecular flexibility index (Phi) is 18.5. The molecular formula is C15H37N2O+. The SMILES string of the molecule is CC.CC.CNC(CCCC[N+](C)(C)C)C(C)=O. The quantitative estimate of drug-likeness (QED) is 0.563. The fourth-order valence-corrected chi connectivity index (χ4v) is 1.49. The van der Waals surface area contributed by atoms with Crippen molar-refractivity contribution in [3.8, 4) is 0 Å². The van der Waals surface area contributed by atoms with E-state index in [-0.39, 0.29) is 11.8 Å². The molecule has 0 aliphatic carbocycles. The molecule has 18 heavy (non-hydrogen) atoms. The summed E-state index contributed by atoms with van der Waals surface area (Å²) in [5, 5.41) is 3.04. The summed E-state index contributed by atoms with van der Waals surface area (Å²) in [6.45, 7) is 10.8. The molecule has 0 aromatic heterocycles. The van der Waals surface area contributed by atoms with Crippen LogP contribution in [0.3, 0.4) is 0 Å². The van der Waals surface area contributed by atoms with Crippen molar-refractivity contribution in [2.24, 2.45) is 0 Å². The maximum atomic E-state index is 11.1. The summed E-state index contributed by atoms with van der Waals surface area (Å²) in [6.07, 6.45) is 3.28. The highest BCUT2D eigenvalue weighted by atomic mass is 16.1. The van der Waals surface area contributed by atoms with Gasteiger partial charge in [-0.2, -0.15) is 0 Å². The first kappa shape index (κ1) is 22.7. The zero-order chi connectivity index (χ0) is 15.2. The third kappa shape index (κ3) is 18.0. The van der Waals surface area contributed by atoms with Crippen LogP contribution in [-0.4, -0.2) is 51.0 Å². The molecule has 1 N–H and O–H groups in total. The van der Waals surface area contributed by atoms with Crippen molar-refractivity contribution in [1.82, 2.24) is 5.32 Å². The number of Topliss-reactive ketones (excluding diaryl/α,β-unsaturated/α-hetero) is 1. The van der Waals surface area contributed by atoms with Gasteiger partial charge in [0.05, 0.1) is 33.7 Å². The summed E-state index contributed by atoms with van der Waals surface area (Å²) in [4.78, 5) is 11.1. The minimum atomic E-state index is 0.0578. The molecule has 1 unspecified atom stereocenters. The van der Waals surface area contributed by atoms with Gasteiger partial charge in [-0.15, -0.1) is 0 Å². The van der Waals surface area contributed by atoms with E-state index in [1.165, 1.54) is 13.0 Å². The molecule has 3 nitrogen and oxygen atoms in total. The van der Waals surface area contributed by atoms with Gasteiger partial charge in [0, 0.05) is 0 Å². The van der Waals surface area contributed by atoms with Crippen molar-refractivity contribution in [3.05, 3.63) is 0 Å². The highest BCUT2D eigenvalue weighted by Gasteiger charge is 2.12. The predicted molar refractivity (Wildman–Crippen MR) is 83.0 cm³/mol. The molecule has 0 saturated carbocycles. The number of carbonyl (C=O) groups excluding carboxylic acids is 1. The zero-order valence-corrected chi connectivity index (χ0v) is 14.3. The molecule has 3 heteroatoms. The monoisotopic (exact) mass is 261 g/mol. The van der Waals surface area contributed by atoms with E-state index in [1.807, 2.05) is 34.7 Å². The molecule has 0 rings (SSSR count). The van der Waals surface area contributed by atoms with Gasteiger partial charge >= 0.3 is 0 Å². The Morgan fingerprint density at radius 3 is 1.78 bits per heavy atom. The van der Waals surface area contributed by atoms with Crippen molar-refractivity contribution in [1.29, 1.82) is 0 Å². The molecule has 0 fully saturated rings. The number of nitrogens with one attached hydrogen (secondary N) is 1. The number of likely N-dealkylation sites (N-methyl/N-ethyl adjacent to an activating group) is 1. The Morgan fingerprint density at radius 1 is 1.06 bits per heavy atom. The van der Waals surface area contributed by atoms with Crippen molar-refractivity contribution in [2.45, 2.75) is 59.9 Å². The highest BCUT2D eigenvalue weighted by Crippen LogP contribution is 2.04. The second-order valence-electron chi connectivity index (χ2n) is 4.96.